The van der Waals surface area contributed by atoms with Gasteiger partial charge < -0.3 is 4.90 Å². The summed E-state index contributed by atoms with van der Waals surface area (Å²) in [6.45, 7) is 1.77. The van der Waals surface area contributed by atoms with Crippen LogP contribution < -0.4 is 0 Å². The molecule has 1 aromatic heterocycles. The van der Waals surface area contributed by atoms with Crippen LogP contribution in [0.1, 0.15) is 53.6 Å². The molecular formula is C20H25N3O. The number of aromatic nitrogens is 2. The minimum Gasteiger partial charge on any atom is -0.336 e. The van der Waals surface area contributed by atoms with Gasteiger partial charge in [-0.1, -0.05) is 6.07 Å². The predicted octanol–water partition coefficient (Wildman–Crippen LogP) is 3.46. The molecule has 1 aromatic carbocycles. The Morgan fingerprint density at radius 1 is 1.17 bits per heavy atom. The Hall–Kier alpha value is -2.10. The minimum absolute atomic E-state index is 0.217. The van der Waals surface area contributed by atoms with Crippen LogP contribution in [-0.4, -0.2) is 33.2 Å². The number of likely N-dealkylation sites (tertiary alicyclic amines) is 1. The number of benzene rings is 1. The van der Waals surface area contributed by atoms with Crippen LogP contribution in [0.2, 0.25) is 0 Å². The van der Waals surface area contributed by atoms with Crippen molar-refractivity contribution in [2.75, 3.05) is 6.54 Å². The van der Waals surface area contributed by atoms with Gasteiger partial charge in [0, 0.05) is 37.1 Å². The maximum absolute atomic E-state index is 13.1. The van der Waals surface area contributed by atoms with E-state index in [2.05, 4.69) is 22.1 Å². The van der Waals surface area contributed by atoms with Gasteiger partial charge in [-0.3, -0.25) is 9.48 Å². The van der Waals surface area contributed by atoms with E-state index in [0.717, 1.165) is 44.3 Å². The van der Waals surface area contributed by atoms with Gasteiger partial charge in [0.25, 0.3) is 5.91 Å². The maximum atomic E-state index is 13.1. The lowest BCUT2D eigenvalue weighted by Crippen LogP contribution is -2.44. The van der Waals surface area contributed by atoms with Gasteiger partial charge in [-0.25, -0.2) is 0 Å². The molecule has 4 nitrogen and oxygen atoms in total. The Bertz CT molecular complexity index is 708. The third-order valence-corrected chi connectivity index (χ3v) is 5.48. The van der Waals surface area contributed by atoms with Crippen molar-refractivity contribution in [1.29, 1.82) is 0 Å². The molecule has 1 aliphatic heterocycles. The number of hydrogen-bond donors (Lipinski definition) is 0. The summed E-state index contributed by atoms with van der Waals surface area (Å²) < 4.78 is 1.96. The van der Waals surface area contributed by atoms with E-state index >= 15 is 0 Å². The molecule has 1 saturated heterocycles. The first-order valence-corrected chi connectivity index (χ1v) is 9.21. The molecule has 0 bridgehead atoms. The number of hydrogen-bond acceptors (Lipinski definition) is 2. The van der Waals surface area contributed by atoms with Gasteiger partial charge in [-0.05, 0) is 74.3 Å². The summed E-state index contributed by atoms with van der Waals surface area (Å²) in [5.41, 5.74) is 3.69. The second-order valence-electron chi connectivity index (χ2n) is 7.04. The Balaban J connectivity index is 1.48. The molecule has 0 saturated carbocycles. The first-order chi connectivity index (χ1) is 11.8. The van der Waals surface area contributed by atoms with Crippen LogP contribution in [0.5, 0.6) is 0 Å². The molecule has 0 N–H and O–H groups in total. The van der Waals surface area contributed by atoms with Crippen LogP contribution in [0.25, 0.3) is 0 Å². The molecule has 0 spiro atoms. The molecule has 1 fully saturated rings. The van der Waals surface area contributed by atoms with Crippen molar-refractivity contribution in [2.24, 2.45) is 0 Å². The van der Waals surface area contributed by atoms with Crippen LogP contribution in [0, 0.1) is 0 Å². The number of amides is 1. The zero-order valence-corrected chi connectivity index (χ0v) is 14.2. The lowest BCUT2D eigenvalue weighted by Gasteiger charge is -2.36. The molecule has 126 valence electrons. The topological polar surface area (TPSA) is 38.1 Å². The zero-order valence-electron chi connectivity index (χ0n) is 14.2. The summed E-state index contributed by atoms with van der Waals surface area (Å²) in [6.07, 6.45) is 11.8. The predicted molar refractivity (Wildman–Crippen MR) is 94.0 cm³/mol. The van der Waals surface area contributed by atoms with Crippen molar-refractivity contribution in [3.63, 3.8) is 0 Å². The standard InChI is InChI=1S/C20H25N3O/c24-20(18-9-8-16-5-3-6-17(16)15-18)23-13-2-1-7-19(23)10-14-22-12-4-11-21-22/h4,8-9,11-12,15,19H,1-3,5-7,10,13-14H2. The van der Waals surface area contributed by atoms with Gasteiger partial charge in [0.2, 0.25) is 0 Å². The number of nitrogens with zero attached hydrogens (tertiary/aromatic N) is 3. The van der Waals surface area contributed by atoms with Crippen molar-refractivity contribution in [2.45, 2.75) is 57.5 Å². The third kappa shape index (κ3) is 3.10. The van der Waals surface area contributed by atoms with Crippen LogP contribution in [0.15, 0.2) is 36.7 Å². The van der Waals surface area contributed by atoms with Gasteiger partial charge in [0.15, 0.2) is 0 Å². The van der Waals surface area contributed by atoms with E-state index in [9.17, 15) is 4.79 Å². The highest BCUT2D eigenvalue weighted by molar-refractivity contribution is 5.94. The summed E-state index contributed by atoms with van der Waals surface area (Å²) >= 11 is 0. The van der Waals surface area contributed by atoms with E-state index < -0.39 is 0 Å². The smallest absolute Gasteiger partial charge is 0.254 e. The molecule has 1 aliphatic carbocycles. The van der Waals surface area contributed by atoms with Crippen molar-refractivity contribution in [3.8, 4) is 0 Å². The van der Waals surface area contributed by atoms with E-state index in [1.807, 2.05) is 29.2 Å². The Kier molecular flexibility index (Phi) is 4.37. The lowest BCUT2D eigenvalue weighted by atomic mass is 9.97. The van der Waals surface area contributed by atoms with Gasteiger partial charge in [0.05, 0.1) is 0 Å². The van der Waals surface area contributed by atoms with E-state index in [4.69, 9.17) is 0 Å². The Morgan fingerprint density at radius 3 is 2.96 bits per heavy atom. The normalized spacial score (nSPS) is 20.2. The molecule has 2 aliphatic rings. The molecule has 0 radical (unpaired) electrons. The first-order valence-electron chi connectivity index (χ1n) is 9.21. The van der Waals surface area contributed by atoms with Crippen LogP contribution in [0.3, 0.4) is 0 Å². The fraction of sp³-hybridized carbons (Fsp3) is 0.500. The van der Waals surface area contributed by atoms with Crippen molar-refractivity contribution in [3.05, 3.63) is 53.3 Å². The van der Waals surface area contributed by atoms with E-state index in [0.29, 0.717) is 6.04 Å². The van der Waals surface area contributed by atoms with Gasteiger partial charge in [0.1, 0.15) is 0 Å². The molecule has 2 aromatic rings. The lowest BCUT2D eigenvalue weighted by molar-refractivity contribution is 0.0594. The molecule has 4 heteroatoms. The van der Waals surface area contributed by atoms with Crippen molar-refractivity contribution < 1.29 is 4.79 Å². The summed E-state index contributed by atoms with van der Waals surface area (Å²) in [4.78, 5) is 15.2. The number of fused-ring (bicyclic) bond motifs is 1. The molecule has 24 heavy (non-hydrogen) atoms. The molecule has 2 heterocycles. The van der Waals surface area contributed by atoms with E-state index in [1.54, 1.807) is 0 Å². The molecule has 4 rings (SSSR count). The van der Waals surface area contributed by atoms with Gasteiger partial charge >= 0.3 is 0 Å². The summed E-state index contributed by atoms with van der Waals surface area (Å²) in [7, 11) is 0. The highest BCUT2D eigenvalue weighted by Crippen LogP contribution is 2.26. The SMILES string of the molecule is O=C(c1ccc2c(c1)CCC2)N1CCCCC1CCn1cccn1. The Morgan fingerprint density at radius 2 is 2.08 bits per heavy atom. The number of piperidine rings is 1. The Labute approximate surface area is 143 Å². The number of aryl methyl sites for hydroxylation is 3. The monoisotopic (exact) mass is 323 g/mol. The largest absolute Gasteiger partial charge is 0.336 e. The second kappa shape index (κ2) is 6.80. The first kappa shape index (κ1) is 15.4. The van der Waals surface area contributed by atoms with Gasteiger partial charge in [-0.2, -0.15) is 5.10 Å². The van der Waals surface area contributed by atoms with Crippen molar-refractivity contribution in [1.82, 2.24) is 14.7 Å². The van der Waals surface area contributed by atoms with Crippen molar-refractivity contribution >= 4 is 5.91 Å². The number of carbonyl (C=O) groups is 1. The quantitative estimate of drug-likeness (QED) is 0.864. The second-order valence-corrected chi connectivity index (χ2v) is 7.04. The molecule has 1 unspecified atom stereocenters. The minimum atomic E-state index is 0.217. The van der Waals surface area contributed by atoms with Crippen LogP contribution in [-0.2, 0) is 19.4 Å². The van der Waals surface area contributed by atoms with E-state index in [-0.39, 0.29) is 5.91 Å². The highest BCUT2D eigenvalue weighted by atomic mass is 16.2. The fourth-order valence-corrected chi connectivity index (χ4v) is 4.15. The maximum Gasteiger partial charge on any atom is 0.254 e. The van der Waals surface area contributed by atoms with Gasteiger partial charge in [-0.15, -0.1) is 0 Å². The molecule has 1 atom stereocenters. The highest BCUT2D eigenvalue weighted by Gasteiger charge is 2.28. The fourth-order valence-electron chi connectivity index (χ4n) is 4.15. The summed E-state index contributed by atoms with van der Waals surface area (Å²) in [5, 5.41) is 4.28. The number of rotatable bonds is 4. The number of carbonyl (C=O) groups excluding carboxylic acids is 1. The van der Waals surface area contributed by atoms with Crippen LogP contribution in [0.4, 0.5) is 0 Å². The zero-order chi connectivity index (χ0) is 16.4. The average Bonchev–Trinajstić information content (AvgIpc) is 3.30. The van der Waals surface area contributed by atoms with E-state index in [1.165, 1.54) is 30.4 Å². The third-order valence-electron chi connectivity index (χ3n) is 5.48. The van der Waals surface area contributed by atoms with Crippen LogP contribution >= 0.6 is 0 Å². The summed E-state index contributed by atoms with van der Waals surface area (Å²) in [5.74, 6) is 0.217. The molecule has 1 amide bonds. The average molecular weight is 323 g/mol. The summed E-state index contributed by atoms with van der Waals surface area (Å²) in [6, 6.07) is 8.63. The molecular weight excluding hydrogens is 298 g/mol.